The highest BCUT2D eigenvalue weighted by Gasteiger charge is 2.24. The minimum absolute atomic E-state index is 0.173. The fraction of sp³-hybridized carbons (Fsp3) is 0.375. The Morgan fingerprint density at radius 1 is 1.03 bits per heavy atom. The van der Waals surface area contributed by atoms with Gasteiger partial charge in [-0.1, -0.05) is 42.5 Å². The summed E-state index contributed by atoms with van der Waals surface area (Å²) in [4.78, 5) is 29.6. The lowest BCUT2D eigenvalue weighted by Gasteiger charge is -2.25. The number of carbonyl (C=O) groups excluding carboxylic acids is 2. The van der Waals surface area contributed by atoms with Crippen LogP contribution in [0.25, 0.3) is 0 Å². The minimum atomic E-state index is -0.571. The second-order valence-corrected chi connectivity index (χ2v) is 7.90. The normalized spacial score (nSPS) is 16.5. The molecule has 2 aromatic rings. The van der Waals surface area contributed by atoms with Gasteiger partial charge in [-0.3, -0.25) is 19.5 Å². The number of primary amides is 1. The van der Waals surface area contributed by atoms with Crippen LogP contribution in [0.2, 0.25) is 0 Å². The van der Waals surface area contributed by atoms with E-state index in [2.05, 4.69) is 56.2 Å². The first kappa shape index (κ1) is 23.3. The van der Waals surface area contributed by atoms with E-state index in [1.807, 2.05) is 12.1 Å². The number of likely N-dealkylation sites (tertiary alicyclic amines) is 1. The monoisotopic (exact) mass is 436 g/mol. The number of guanidine groups is 1. The molecule has 32 heavy (non-hydrogen) atoms. The van der Waals surface area contributed by atoms with Crippen LogP contribution in [-0.4, -0.2) is 55.4 Å². The van der Waals surface area contributed by atoms with Gasteiger partial charge in [0.25, 0.3) is 5.91 Å². The Hall–Kier alpha value is -3.39. The topological polar surface area (TPSA) is 112 Å². The van der Waals surface area contributed by atoms with Gasteiger partial charge in [0.15, 0.2) is 5.96 Å². The molecule has 8 nitrogen and oxygen atoms in total. The third-order valence-corrected chi connectivity index (χ3v) is 5.56. The first-order valence-corrected chi connectivity index (χ1v) is 10.9. The van der Waals surface area contributed by atoms with Gasteiger partial charge in [-0.05, 0) is 42.6 Å². The van der Waals surface area contributed by atoms with Crippen molar-refractivity contribution in [2.45, 2.75) is 32.0 Å². The molecular formula is C24H32N6O2. The predicted molar refractivity (Wildman–Crippen MR) is 126 cm³/mol. The van der Waals surface area contributed by atoms with Crippen molar-refractivity contribution in [1.82, 2.24) is 20.9 Å². The van der Waals surface area contributed by atoms with Gasteiger partial charge in [-0.15, -0.1) is 0 Å². The molecule has 0 spiro atoms. The molecule has 0 aliphatic carbocycles. The van der Waals surface area contributed by atoms with E-state index in [0.717, 1.165) is 31.2 Å². The molecule has 1 aliphatic heterocycles. The van der Waals surface area contributed by atoms with E-state index in [9.17, 15) is 9.59 Å². The number of rotatable bonds is 9. The molecule has 0 saturated carbocycles. The molecule has 1 unspecified atom stereocenters. The summed E-state index contributed by atoms with van der Waals surface area (Å²) in [6.07, 6.45) is 2.39. The number of hydrogen-bond donors (Lipinski definition) is 4. The molecule has 5 N–H and O–H groups in total. The van der Waals surface area contributed by atoms with E-state index in [1.165, 1.54) is 18.4 Å². The average Bonchev–Trinajstić information content (AvgIpc) is 3.25. The quantitative estimate of drug-likeness (QED) is 0.349. The molecule has 2 amide bonds. The zero-order chi connectivity index (χ0) is 22.8. The number of benzene rings is 2. The number of aliphatic imine (C=N–C) groups is 1. The van der Waals surface area contributed by atoms with E-state index in [1.54, 1.807) is 19.2 Å². The fourth-order valence-electron chi connectivity index (χ4n) is 3.82. The molecule has 0 aromatic heterocycles. The highest BCUT2D eigenvalue weighted by molar-refractivity contribution is 5.96. The maximum atomic E-state index is 12.0. The van der Waals surface area contributed by atoms with Crippen molar-refractivity contribution in [2.24, 2.45) is 10.7 Å². The van der Waals surface area contributed by atoms with Gasteiger partial charge in [0.2, 0.25) is 5.91 Å². The van der Waals surface area contributed by atoms with Crippen LogP contribution in [0.4, 0.5) is 0 Å². The lowest BCUT2D eigenvalue weighted by atomic mass is 10.1. The van der Waals surface area contributed by atoms with Crippen LogP contribution >= 0.6 is 0 Å². The van der Waals surface area contributed by atoms with Crippen LogP contribution in [0, 0.1) is 0 Å². The van der Waals surface area contributed by atoms with E-state index in [-0.39, 0.29) is 12.5 Å². The average molecular weight is 437 g/mol. The van der Waals surface area contributed by atoms with E-state index in [0.29, 0.717) is 18.2 Å². The van der Waals surface area contributed by atoms with Crippen LogP contribution in [-0.2, 0) is 17.9 Å². The number of amides is 2. The summed E-state index contributed by atoms with van der Waals surface area (Å²) in [5.41, 5.74) is 7.89. The Balaban J connectivity index is 1.44. The molecule has 170 valence electrons. The Morgan fingerprint density at radius 3 is 2.47 bits per heavy atom. The molecule has 3 rings (SSSR count). The summed E-state index contributed by atoms with van der Waals surface area (Å²) in [5, 5.41) is 9.24. The maximum Gasteiger partial charge on any atom is 0.251 e. The molecule has 1 saturated heterocycles. The molecule has 1 aliphatic rings. The van der Waals surface area contributed by atoms with Gasteiger partial charge >= 0.3 is 0 Å². The van der Waals surface area contributed by atoms with Crippen LogP contribution in [0.5, 0.6) is 0 Å². The number of carbonyl (C=O) groups is 2. The molecule has 0 radical (unpaired) electrons. The fourth-order valence-corrected chi connectivity index (χ4v) is 3.82. The van der Waals surface area contributed by atoms with E-state index >= 15 is 0 Å². The minimum Gasteiger partial charge on any atom is -0.368 e. The predicted octanol–water partition coefficient (Wildman–Crippen LogP) is 1.23. The second kappa shape index (κ2) is 11.9. The Labute approximate surface area is 189 Å². The van der Waals surface area contributed by atoms with Gasteiger partial charge in [-0.25, -0.2) is 0 Å². The molecule has 2 aromatic carbocycles. The second-order valence-electron chi connectivity index (χ2n) is 7.90. The lowest BCUT2D eigenvalue weighted by molar-refractivity contribution is -0.117. The summed E-state index contributed by atoms with van der Waals surface area (Å²) in [7, 11) is 1.76. The molecular weight excluding hydrogens is 404 g/mol. The largest absolute Gasteiger partial charge is 0.368 e. The maximum absolute atomic E-state index is 12.0. The van der Waals surface area contributed by atoms with Crippen molar-refractivity contribution in [3.8, 4) is 0 Å². The van der Waals surface area contributed by atoms with Gasteiger partial charge in [0.1, 0.15) is 0 Å². The van der Waals surface area contributed by atoms with E-state index < -0.39 is 5.91 Å². The SMILES string of the molecule is CN=C(NCc1ccc(C(=O)NCC(N)=O)cc1)NCC1CCCN1Cc1ccccc1. The van der Waals surface area contributed by atoms with Crippen molar-refractivity contribution in [2.75, 3.05) is 26.7 Å². The van der Waals surface area contributed by atoms with Crippen molar-refractivity contribution < 1.29 is 9.59 Å². The van der Waals surface area contributed by atoms with Gasteiger partial charge in [0, 0.05) is 38.3 Å². The zero-order valence-electron chi connectivity index (χ0n) is 18.5. The molecule has 1 heterocycles. The zero-order valence-corrected chi connectivity index (χ0v) is 18.5. The van der Waals surface area contributed by atoms with E-state index in [4.69, 9.17) is 5.73 Å². The smallest absolute Gasteiger partial charge is 0.251 e. The number of nitrogens with one attached hydrogen (secondary N) is 3. The summed E-state index contributed by atoms with van der Waals surface area (Å²) in [6, 6.07) is 18.3. The van der Waals surface area contributed by atoms with Gasteiger partial charge in [-0.2, -0.15) is 0 Å². The van der Waals surface area contributed by atoms with Crippen molar-refractivity contribution in [3.05, 3.63) is 71.3 Å². The Kier molecular flexibility index (Phi) is 8.62. The first-order valence-electron chi connectivity index (χ1n) is 10.9. The first-order chi connectivity index (χ1) is 15.5. The summed E-state index contributed by atoms with van der Waals surface area (Å²) in [6.45, 7) is 3.34. The van der Waals surface area contributed by atoms with Crippen LogP contribution in [0.3, 0.4) is 0 Å². The van der Waals surface area contributed by atoms with Gasteiger partial charge < -0.3 is 21.7 Å². The molecule has 1 atom stereocenters. The highest BCUT2D eigenvalue weighted by atomic mass is 16.2. The summed E-state index contributed by atoms with van der Waals surface area (Å²) < 4.78 is 0. The highest BCUT2D eigenvalue weighted by Crippen LogP contribution is 2.19. The van der Waals surface area contributed by atoms with Crippen molar-refractivity contribution in [1.29, 1.82) is 0 Å². The van der Waals surface area contributed by atoms with Crippen molar-refractivity contribution in [3.63, 3.8) is 0 Å². The van der Waals surface area contributed by atoms with Gasteiger partial charge in [0.05, 0.1) is 6.54 Å². The number of nitrogens with zero attached hydrogens (tertiary/aromatic N) is 2. The Morgan fingerprint density at radius 2 is 1.78 bits per heavy atom. The Bertz CT molecular complexity index is 914. The molecule has 0 bridgehead atoms. The number of nitrogens with two attached hydrogens (primary N) is 1. The van der Waals surface area contributed by atoms with Crippen LogP contribution in [0.1, 0.15) is 34.3 Å². The third-order valence-electron chi connectivity index (χ3n) is 5.56. The standard InChI is InChI=1S/C24H32N6O2/c1-26-24(28-14-18-9-11-20(12-10-18)23(32)27-16-22(25)31)29-15-21-8-5-13-30(21)17-19-6-3-2-4-7-19/h2-4,6-7,9-12,21H,5,8,13-17H2,1H3,(H2,25,31)(H,27,32)(H2,26,28,29). The van der Waals surface area contributed by atoms with Crippen LogP contribution < -0.4 is 21.7 Å². The summed E-state index contributed by atoms with van der Waals surface area (Å²) in [5.74, 6) is -0.143. The molecule has 1 fully saturated rings. The van der Waals surface area contributed by atoms with Crippen molar-refractivity contribution >= 4 is 17.8 Å². The molecule has 8 heteroatoms. The lowest BCUT2D eigenvalue weighted by Crippen LogP contribution is -2.44. The number of hydrogen-bond acceptors (Lipinski definition) is 4. The third kappa shape index (κ3) is 7.09. The van der Waals surface area contributed by atoms with Crippen LogP contribution in [0.15, 0.2) is 59.6 Å². The summed E-state index contributed by atoms with van der Waals surface area (Å²) >= 11 is 0.